The predicted molar refractivity (Wildman–Crippen MR) is 132 cm³/mol. The normalized spacial score (nSPS) is 13.9. The summed E-state index contributed by atoms with van der Waals surface area (Å²) in [6.45, 7) is 1.89. The summed E-state index contributed by atoms with van der Waals surface area (Å²) in [5.74, 6) is -1.66. The minimum atomic E-state index is -3.83. The van der Waals surface area contributed by atoms with Crippen LogP contribution < -0.4 is 20.7 Å². The number of benzene rings is 3. The number of nitrogens with zero attached hydrogens (tertiary/aromatic N) is 1. The maximum absolute atomic E-state index is 12.9. The van der Waals surface area contributed by atoms with E-state index in [1.807, 2.05) is 6.92 Å². The number of nitrogens with one attached hydrogen (secondary N) is 2. The molecule has 1 aliphatic heterocycles. The third-order valence-electron chi connectivity index (χ3n) is 5.18. The summed E-state index contributed by atoms with van der Waals surface area (Å²) in [6, 6.07) is 18.5. The molecule has 0 bridgehead atoms. The van der Waals surface area contributed by atoms with Crippen LogP contribution in [0.25, 0.3) is 0 Å². The van der Waals surface area contributed by atoms with Gasteiger partial charge in [-0.25, -0.2) is 18.5 Å². The summed E-state index contributed by atoms with van der Waals surface area (Å²) in [5.41, 5.74) is 2.46. The second kappa shape index (κ2) is 9.34. The van der Waals surface area contributed by atoms with Gasteiger partial charge in [0.2, 0.25) is 10.0 Å². The van der Waals surface area contributed by atoms with Gasteiger partial charge in [-0.15, -0.1) is 0 Å². The maximum Gasteiger partial charge on any atom is 0.283 e. The molecule has 3 aromatic carbocycles. The summed E-state index contributed by atoms with van der Waals surface area (Å²) >= 11 is 6.16. The number of rotatable bonds is 6. The number of anilines is 3. The van der Waals surface area contributed by atoms with Crippen molar-refractivity contribution in [3.05, 3.63) is 94.7 Å². The zero-order valence-electron chi connectivity index (χ0n) is 18.3. The van der Waals surface area contributed by atoms with Crippen LogP contribution in [0.3, 0.4) is 0 Å². The van der Waals surface area contributed by atoms with Crippen LogP contribution in [0.1, 0.15) is 15.9 Å². The first kappa shape index (κ1) is 24.1. The largest absolute Gasteiger partial charge is 0.350 e. The number of primary sulfonamides is 1. The molecule has 4 N–H and O–H groups in total. The Labute approximate surface area is 206 Å². The molecule has 1 heterocycles. The number of amides is 3. The van der Waals surface area contributed by atoms with E-state index in [0.29, 0.717) is 22.6 Å². The number of halogens is 1. The lowest BCUT2D eigenvalue weighted by atomic mass is 10.2. The molecule has 9 nitrogen and oxygen atoms in total. The molecule has 0 aromatic heterocycles. The molecule has 0 saturated heterocycles. The van der Waals surface area contributed by atoms with Crippen molar-refractivity contribution in [3.63, 3.8) is 0 Å². The van der Waals surface area contributed by atoms with E-state index in [-0.39, 0.29) is 15.6 Å². The van der Waals surface area contributed by atoms with Crippen LogP contribution in [-0.4, -0.2) is 26.1 Å². The lowest BCUT2D eigenvalue weighted by Crippen LogP contribution is -2.32. The average Bonchev–Trinajstić information content (AvgIpc) is 3.03. The van der Waals surface area contributed by atoms with E-state index in [0.717, 1.165) is 10.5 Å². The number of aryl methyl sites for hydroxylation is 1. The molecule has 4 rings (SSSR count). The van der Waals surface area contributed by atoms with Crippen LogP contribution in [0.4, 0.5) is 17.1 Å². The van der Waals surface area contributed by atoms with Crippen molar-refractivity contribution in [3.8, 4) is 0 Å². The summed E-state index contributed by atoms with van der Waals surface area (Å²) in [4.78, 5) is 38.9. The van der Waals surface area contributed by atoms with E-state index in [1.165, 1.54) is 36.4 Å². The van der Waals surface area contributed by atoms with E-state index in [2.05, 4.69) is 10.6 Å². The first-order valence-corrected chi connectivity index (χ1v) is 12.1. The molecule has 0 spiro atoms. The van der Waals surface area contributed by atoms with E-state index < -0.39 is 27.7 Å². The second-order valence-electron chi connectivity index (χ2n) is 7.70. The lowest BCUT2D eigenvalue weighted by molar-refractivity contribution is -0.120. The molecule has 0 aliphatic carbocycles. The summed E-state index contributed by atoms with van der Waals surface area (Å²) in [5, 5.41) is 10.3. The van der Waals surface area contributed by atoms with Gasteiger partial charge in [-0.2, -0.15) is 0 Å². The van der Waals surface area contributed by atoms with Gasteiger partial charge in [0.25, 0.3) is 17.7 Å². The summed E-state index contributed by atoms with van der Waals surface area (Å²) < 4.78 is 22.7. The predicted octanol–water partition coefficient (Wildman–Crippen LogP) is 3.33. The lowest BCUT2D eigenvalue weighted by Gasteiger charge is -2.15. The Kier molecular flexibility index (Phi) is 6.44. The molecule has 3 aromatic rings. The second-order valence-corrected chi connectivity index (χ2v) is 9.64. The average molecular weight is 511 g/mol. The van der Waals surface area contributed by atoms with Gasteiger partial charge in [-0.3, -0.25) is 14.4 Å². The summed E-state index contributed by atoms with van der Waals surface area (Å²) in [6.07, 6.45) is 0. The van der Waals surface area contributed by atoms with Crippen LogP contribution in [0.15, 0.2) is 88.4 Å². The number of imide groups is 1. The van der Waals surface area contributed by atoms with Crippen molar-refractivity contribution in [2.45, 2.75) is 11.8 Å². The fourth-order valence-corrected chi connectivity index (χ4v) is 4.05. The standard InChI is InChI=1S/C24H19ClN4O5S/c1-14-2-10-18(11-3-14)29-23(31)20(25)21(24(29)32)27-16-6-4-15(5-7-16)22(30)28-17-8-12-19(13-9-17)35(26,33)34/h2-13,27H,1H3,(H,28,30)(H2,26,33,34). The number of sulfonamides is 1. The van der Waals surface area contributed by atoms with Crippen molar-refractivity contribution in [2.75, 3.05) is 15.5 Å². The fourth-order valence-electron chi connectivity index (χ4n) is 3.32. The van der Waals surface area contributed by atoms with E-state index >= 15 is 0 Å². The molecular formula is C24H19ClN4O5S. The smallest absolute Gasteiger partial charge is 0.283 e. The van der Waals surface area contributed by atoms with Gasteiger partial charge in [0.1, 0.15) is 10.7 Å². The highest BCUT2D eigenvalue weighted by Crippen LogP contribution is 2.30. The number of carbonyl (C=O) groups is 3. The third-order valence-corrected chi connectivity index (χ3v) is 6.46. The topological polar surface area (TPSA) is 139 Å². The molecule has 178 valence electrons. The highest BCUT2D eigenvalue weighted by molar-refractivity contribution is 7.89. The zero-order valence-corrected chi connectivity index (χ0v) is 19.9. The van der Waals surface area contributed by atoms with Crippen molar-refractivity contribution in [1.82, 2.24) is 0 Å². The number of nitrogens with two attached hydrogens (primary N) is 1. The molecule has 0 saturated carbocycles. The van der Waals surface area contributed by atoms with E-state index in [4.69, 9.17) is 16.7 Å². The van der Waals surface area contributed by atoms with Gasteiger partial charge in [0.05, 0.1) is 10.6 Å². The van der Waals surface area contributed by atoms with Gasteiger partial charge < -0.3 is 10.6 Å². The zero-order chi connectivity index (χ0) is 25.3. The monoisotopic (exact) mass is 510 g/mol. The molecule has 11 heteroatoms. The van der Waals surface area contributed by atoms with Crippen molar-refractivity contribution in [2.24, 2.45) is 5.14 Å². The molecule has 3 amide bonds. The van der Waals surface area contributed by atoms with E-state index in [9.17, 15) is 22.8 Å². The Bertz CT molecular complexity index is 1470. The summed E-state index contributed by atoms with van der Waals surface area (Å²) in [7, 11) is -3.83. The van der Waals surface area contributed by atoms with Crippen LogP contribution in [0.2, 0.25) is 0 Å². The highest BCUT2D eigenvalue weighted by Gasteiger charge is 2.38. The molecule has 35 heavy (non-hydrogen) atoms. The van der Waals surface area contributed by atoms with Gasteiger partial charge in [0.15, 0.2) is 0 Å². The molecule has 0 fully saturated rings. The van der Waals surface area contributed by atoms with Crippen LogP contribution in [-0.2, 0) is 19.6 Å². The molecular weight excluding hydrogens is 492 g/mol. The molecule has 0 atom stereocenters. The molecule has 0 radical (unpaired) electrons. The highest BCUT2D eigenvalue weighted by atomic mass is 35.5. The number of carbonyl (C=O) groups excluding carboxylic acids is 3. The quantitative estimate of drug-likeness (QED) is 0.435. The third kappa shape index (κ3) is 5.09. The Morgan fingerprint density at radius 1 is 0.857 bits per heavy atom. The first-order chi connectivity index (χ1) is 16.5. The van der Waals surface area contributed by atoms with Gasteiger partial charge in [-0.05, 0) is 67.6 Å². The Balaban J connectivity index is 1.45. The van der Waals surface area contributed by atoms with Gasteiger partial charge in [0, 0.05) is 16.9 Å². The molecule has 0 unspecified atom stereocenters. The van der Waals surface area contributed by atoms with E-state index in [1.54, 1.807) is 36.4 Å². The van der Waals surface area contributed by atoms with Crippen molar-refractivity contribution >= 4 is 56.4 Å². The van der Waals surface area contributed by atoms with Crippen molar-refractivity contribution < 1.29 is 22.8 Å². The van der Waals surface area contributed by atoms with Crippen LogP contribution >= 0.6 is 11.6 Å². The van der Waals surface area contributed by atoms with Gasteiger partial charge in [-0.1, -0.05) is 29.3 Å². The first-order valence-electron chi connectivity index (χ1n) is 10.2. The molecule has 1 aliphatic rings. The number of hydrogen-bond donors (Lipinski definition) is 3. The van der Waals surface area contributed by atoms with Crippen LogP contribution in [0.5, 0.6) is 0 Å². The van der Waals surface area contributed by atoms with Gasteiger partial charge >= 0.3 is 0 Å². The minimum absolute atomic E-state index is 0.0654. The Morgan fingerprint density at radius 2 is 1.43 bits per heavy atom. The maximum atomic E-state index is 12.9. The number of hydrogen-bond acceptors (Lipinski definition) is 6. The van der Waals surface area contributed by atoms with Crippen molar-refractivity contribution in [1.29, 1.82) is 0 Å². The SMILES string of the molecule is Cc1ccc(N2C(=O)C(Cl)=C(Nc3ccc(C(=O)Nc4ccc(S(N)(=O)=O)cc4)cc3)C2=O)cc1. The Morgan fingerprint density at radius 3 is 2.00 bits per heavy atom. The van der Waals surface area contributed by atoms with Crippen LogP contribution in [0, 0.1) is 6.92 Å². The fraction of sp³-hybridized carbons (Fsp3) is 0.0417. The Hall–Kier alpha value is -3.99. The minimum Gasteiger partial charge on any atom is -0.350 e.